The van der Waals surface area contributed by atoms with Crippen molar-refractivity contribution in [3.05, 3.63) is 132 Å². The highest BCUT2D eigenvalue weighted by Crippen LogP contribution is 2.40. The van der Waals surface area contributed by atoms with Crippen molar-refractivity contribution < 1.29 is 4.42 Å². The van der Waals surface area contributed by atoms with Crippen LogP contribution in [0.2, 0.25) is 0 Å². The average Bonchev–Trinajstić information content (AvgIpc) is 3.68. The SMILES string of the molecule is Cc1ccc2c(c1)c1ccccc1n2-c1cccc2c1oc1ccc(-n3c4ccccc4c4cc(C#N)ccc43)cc12. The molecule has 0 aliphatic rings. The van der Waals surface area contributed by atoms with Gasteiger partial charge in [-0.05, 0) is 73.7 Å². The molecule has 9 aromatic rings. The first-order valence-corrected chi connectivity index (χ1v) is 14.1. The number of hydrogen-bond donors (Lipinski definition) is 0. The number of fused-ring (bicyclic) bond motifs is 9. The molecule has 0 atom stereocenters. The molecule has 6 aromatic carbocycles. The predicted octanol–water partition coefficient (Wildman–Crippen LogP) is 9.96. The number of aryl methyl sites for hydroxylation is 1. The largest absolute Gasteiger partial charge is 0.454 e. The first kappa shape index (κ1) is 23.0. The van der Waals surface area contributed by atoms with E-state index in [4.69, 9.17) is 4.42 Å². The number of rotatable bonds is 2. The molecule has 4 nitrogen and oxygen atoms in total. The van der Waals surface area contributed by atoms with Gasteiger partial charge in [0.1, 0.15) is 5.58 Å². The molecular formula is C38H23N3O. The van der Waals surface area contributed by atoms with Crippen LogP contribution < -0.4 is 0 Å². The Bertz CT molecular complexity index is 2600. The Kier molecular flexibility index (Phi) is 4.57. The predicted molar refractivity (Wildman–Crippen MR) is 172 cm³/mol. The van der Waals surface area contributed by atoms with Crippen molar-refractivity contribution in [2.75, 3.05) is 0 Å². The Morgan fingerprint density at radius 3 is 2.02 bits per heavy atom. The number of hydrogen-bond acceptors (Lipinski definition) is 2. The molecule has 0 amide bonds. The molecule has 4 heteroatoms. The summed E-state index contributed by atoms with van der Waals surface area (Å²) in [4.78, 5) is 0. The summed E-state index contributed by atoms with van der Waals surface area (Å²) in [5, 5.41) is 16.4. The van der Waals surface area contributed by atoms with Crippen LogP contribution in [0.3, 0.4) is 0 Å². The van der Waals surface area contributed by atoms with E-state index >= 15 is 0 Å². The molecule has 0 N–H and O–H groups in total. The standard InChI is InChI=1S/C38H23N3O/c1-23-13-16-35-29(19-23)26-7-3-5-11-33(26)41(35)36-12-6-9-28-31-21-25(15-18-37(31)42-38(28)36)40-32-10-4-2-8-27(32)30-20-24(22-39)14-17-34(30)40/h2-21H,1H3. The van der Waals surface area contributed by atoms with Gasteiger partial charge in [0.25, 0.3) is 0 Å². The maximum Gasteiger partial charge on any atom is 0.159 e. The van der Waals surface area contributed by atoms with Crippen LogP contribution in [0.1, 0.15) is 11.1 Å². The summed E-state index contributed by atoms with van der Waals surface area (Å²) in [5.74, 6) is 0. The third-order valence-corrected chi connectivity index (χ3v) is 8.59. The quantitative estimate of drug-likeness (QED) is 0.220. The zero-order chi connectivity index (χ0) is 27.9. The Morgan fingerprint density at radius 1 is 0.548 bits per heavy atom. The minimum absolute atomic E-state index is 0.662. The summed E-state index contributed by atoms with van der Waals surface area (Å²) in [7, 11) is 0. The van der Waals surface area contributed by atoms with Gasteiger partial charge in [0, 0.05) is 38.0 Å². The Labute approximate surface area is 240 Å². The molecule has 0 radical (unpaired) electrons. The average molecular weight is 538 g/mol. The van der Waals surface area contributed by atoms with Gasteiger partial charge in [-0.2, -0.15) is 5.26 Å². The van der Waals surface area contributed by atoms with E-state index in [2.05, 4.69) is 125 Å². The van der Waals surface area contributed by atoms with Crippen LogP contribution >= 0.6 is 0 Å². The van der Waals surface area contributed by atoms with Crippen LogP contribution in [0.5, 0.6) is 0 Å². The molecule has 42 heavy (non-hydrogen) atoms. The molecule has 0 saturated carbocycles. The molecule has 3 heterocycles. The Hall–Kier alpha value is -5.79. The molecule has 0 fully saturated rings. The molecule has 0 aliphatic carbocycles. The summed E-state index contributed by atoms with van der Waals surface area (Å²) >= 11 is 0. The molecule has 0 bridgehead atoms. The van der Waals surface area contributed by atoms with Crippen molar-refractivity contribution in [3.8, 4) is 17.4 Å². The third-order valence-electron chi connectivity index (χ3n) is 8.59. The number of furan rings is 1. The topological polar surface area (TPSA) is 46.8 Å². The fourth-order valence-corrected chi connectivity index (χ4v) is 6.75. The van der Waals surface area contributed by atoms with Crippen molar-refractivity contribution in [2.45, 2.75) is 6.92 Å². The lowest BCUT2D eigenvalue weighted by Gasteiger charge is -2.09. The number of benzene rings is 6. The van der Waals surface area contributed by atoms with Crippen molar-refractivity contribution in [1.29, 1.82) is 5.26 Å². The number of nitrogens with zero attached hydrogens (tertiary/aromatic N) is 3. The fourth-order valence-electron chi connectivity index (χ4n) is 6.75. The summed E-state index contributed by atoms with van der Waals surface area (Å²) in [6, 6.07) is 44.7. The van der Waals surface area contributed by atoms with Crippen molar-refractivity contribution in [3.63, 3.8) is 0 Å². The third kappa shape index (κ3) is 3.05. The van der Waals surface area contributed by atoms with Crippen LogP contribution in [-0.2, 0) is 0 Å². The molecule has 0 unspecified atom stereocenters. The smallest absolute Gasteiger partial charge is 0.159 e. The van der Waals surface area contributed by atoms with E-state index in [0.717, 1.165) is 66.2 Å². The van der Waals surface area contributed by atoms with Gasteiger partial charge in [-0.3, -0.25) is 0 Å². The highest BCUT2D eigenvalue weighted by molar-refractivity contribution is 6.14. The number of aromatic nitrogens is 2. The molecular weight excluding hydrogens is 514 g/mol. The van der Waals surface area contributed by atoms with Gasteiger partial charge in [-0.25, -0.2) is 0 Å². The van der Waals surface area contributed by atoms with Gasteiger partial charge < -0.3 is 13.6 Å². The van der Waals surface area contributed by atoms with Gasteiger partial charge in [0.05, 0.1) is 39.4 Å². The van der Waals surface area contributed by atoms with Gasteiger partial charge in [0.2, 0.25) is 0 Å². The lowest BCUT2D eigenvalue weighted by molar-refractivity contribution is 0.666. The minimum Gasteiger partial charge on any atom is -0.454 e. The highest BCUT2D eigenvalue weighted by Gasteiger charge is 2.19. The molecule has 0 spiro atoms. The zero-order valence-electron chi connectivity index (χ0n) is 22.8. The van der Waals surface area contributed by atoms with Gasteiger partial charge in [0.15, 0.2) is 5.58 Å². The normalized spacial score (nSPS) is 11.9. The monoisotopic (exact) mass is 537 g/mol. The van der Waals surface area contributed by atoms with E-state index in [9.17, 15) is 5.26 Å². The summed E-state index contributed by atoms with van der Waals surface area (Å²) in [5.41, 5.74) is 10.2. The summed E-state index contributed by atoms with van der Waals surface area (Å²) in [6.07, 6.45) is 0. The van der Waals surface area contributed by atoms with E-state index in [1.165, 1.54) is 16.3 Å². The Morgan fingerprint density at radius 2 is 1.21 bits per heavy atom. The number of nitriles is 1. The second-order valence-corrected chi connectivity index (χ2v) is 11.0. The van der Waals surface area contributed by atoms with E-state index in [-0.39, 0.29) is 0 Å². The lowest BCUT2D eigenvalue weighted by atomic mass is 10.1. The second-order valence-electron chi connectivity index (χ2n) is 11.0. The van der Waals surface area contributed by atoms with Crippen LogP contribution in [0, 0.1) is 18.3 Å². The van der Waals surface area contributed by atoms with Crippen LogP contribution in [0.4, 0.5) is 0 Å². The van der Waals surface area contributed by atoms with Gasteiger partial charge >= 0.3 is 0 Å². The number of para-hydroxylation sites is 3. The molecule has 9 rings (SSSR count). The van der Waals surface area contributed by atoms with Gasteiger partial charge in [-0.15, -0.1) is 0 Å². The van der Waals surface area contributed by atoms with Crippen LogP contribution in [-0.4, -0.2) is 9.13 Å². The van der Waals surface area contributed by atoms with Crippen LogP contribution in [0.25, 0.3) is 76.9 Å². The molecule has 0 saturated heterocycles. The maximum absolute atomic E-state index is 9.54. The molecule has 196 valence electrons. The first-order chi connectivity index (χ1) is 20.7. The van der Waals surface area contributed by atoms with Crippen LogP contribution in [0.15, 0.2) is 126 Å². The second kappa shape index (κ2) is 8.36. The van der Waals surface area contributed by atoms with E-state index < -0.39 is 0 Å². The summed E-state index contributed by atoms with van der Waals surface area (Å²) in [6.45, 7) is 2.14. The van der Waals surface area contributed by atoms with Crippen molar-refractivity contribution >= 4 is 65.6 Å². The van der Waals surface area contributed by atoms with Gasteiger partial charge in [-0.1, -0.05) is 60.2 Å². The van der Waals surface area contributed by atoms with Crippen molar-refractivity contribution in [2.24, 2.45) is 0 Å². The van der Waals surface area contributed by atoms with Crippen molar-refractivity contribution in [1.82, 2.24) is 9.13 Å². The maximum atomic E-state index is 9.54. The minimum atomic E-state index is 0.662. The molecule has 0 aliphatic heterocycles. The summed E-state index contributed by atoms with van der Waals surface area (Å²) < 4.78 is 11.3. The van der Waals surface area contributed by atoms with E-state index in [0.29, 0.717) is 5.56 Å². The van der Waals surface area contributed by atoms with E-state index in [1.54, 1.807) is 0 Å². The van der Waals surface area contributed by atoms with E-state index in [1.807, 2.05) is 18.2 Å². The lowest BCUT2D eigenvalue weighted by Crippen LogP contribution is -1.94. The zero-order valence-corrected chi connectivity index (χ0v) is 22.8. The highest BCUT2D eigenvalue weighted by atomic mass is 16.3. The fraction of sp³-hybridized carbons (Fsp3) is 0.0263. The molecule has 3 aromatic heterocycles. The Balaban J connectivity index is 1.33. The first-order valence-electron chi connectivity index (χ1n) is 14.1.